The summed E-state index contributed by atoms with van der Waals surface area (Å²) < 4.78 is 5.75. The molecule has 0 spiro atoms. The lowest BCUT2D eigenvalue weighted by Gasteiger charge is -2.23. The number of amides is 1. The number of carbonyl (C=O) groups is 2. The van der Waals surface area contributed by atoms with Crippen LogP contribution in [0, 0.1) is 0 Å². The van der Waals surface area contributed by atoms with Gasteiger partial charge >= 0.3 is 5.91 Å². The van der Waals surface area contributed by atoms with Gasteiger partial charge in [-0.1, -0.05) is 31.2 Å². The SMILES string of the molecule is CCc1ccc([C@@H]2C(=C(O)c3ccc4c(c3)C[C@@H](C)O4)C(=O)C(=O)N2c2nccs2)cc1. The number of aliphatic hydroxyl groups excluding tert-OH is 1. The molecule has 7 heteroatoms. The molecule has 2 atom stereocenters. The summed E-state index contributed by atoms with van der Waals surface area (Å²) in [7, 11) is 0. The molecule has 1 N–H and O–H groups in total. The summed E-state index contributed by atoms with van der Waals surface area (Å²) in [6.07, 6.45) is 3.27. The number of aromatic nitrogens is 1. The lowest BCUT2D eigenvalue weighted by Crippen LogP contribution is -2.29. The molecule has 0 radical (unpaired) electrons. The zero-order valence-electron chi connectivity index (χ0n) is 17.7. The van der Waals surface area contributed by atoms with Crippen molar-refractivity contribution in [1.82, 2.24) is 4.98 Å². The molecule has 1 fully saturated rings. The number of hydrogen-bond acceptors (Lipinski definition) is 6. The van der Waals surface area contributed by atoms with Crippen LogP contribution in [0.4, 0.5) is 5.13 Å². The van der Waals surface area contributed by atoms with Gasteiger partial charge in [0.15, 0.2) is 5.13 Å². The third-order valence-corrected chi connectivity index (χ3v) is 6.71. The smallest absolute Gasteiger partial charge is 0.301 e. The van der Waals surface area contributed by atoms with Crippen molar-refractivity contribution in [1.29, 1.82) is 0 Å². The second-order valence-electron chi connectivity index (χ2n) is 8.03. The molecule has 2 aromatic carbocycles. The molecule has 1 aromatic heterocycles. The molecule has 0 aliphatic carbocycles. The number of fused-ring (bicyclic) bond motifs is 1. The minimum absolute atomic E-state index is 0.0648. The molecule has 5 rings (SSSR count). The Hall–Kier alpha value is -3.45. The van der Waals surface area contributed by atoms with E-state index in [9.17, 15) is 14.7 Å². The third kappa shape index (κ3) is 3.29. The van der Waals surface area contributed by atoms with Crippen LogP contribution in [0.1, 0.15) is 42.1 Å². The van der Waals surface area contributed by atoms with Crippen LogP contribution in [0.15, 0.2) is 59.6 Å². The van der Waals surface area contributed by atoms with Crippen LogP contribution >= 0.6 is 11.3 Å². The second kappa shape index (κ2) is 7.91. The molecule has 1 amide bonds. The third-order valence-electron chi connectivity index (χ3n) is 5.94. The van der Waals surface area contributed by atoms with E-state index in [-0.39, 0.29) is 17.4 Å². The van der Waals surface area contributed by atoms with Gasteiger partial charge in [0.1, 0.15) is 17.6 Å². The number of ketones is 1. The molecular formula is C25H22N2O4S. The summed E-state index contributed by atoms with van der Waals surface area (Å²) in [4.78, 5) is 31.9. The fourth-order valence-electron chi connectivity index (χ4n) is 4.34. The Morgan fingerprint density at radius 2 is 2.00 bits per heavy atom. The molecule has 0 unspecified atom stereocenters. The number of aryl methyl sites for hydroxylation is 1. The summed E-state index contributed by atoms with van der Waals surface area (Å²) >= 11 is 1.28. The van der Waals surface area contributed by atoms with E-state index in [0.717, 1.165) is 35.3 Å². The maximum absolute atomic E-state index is 13.2. The molecule has 0 saturated carbocycles. The number of ether oxygens (including phenoxy) is 1. The Morgan fingerprint density at radius 3 is 2.69 bits per heavy atom. The van der Waals surface area contributed by atoms with Crippen molar-refractivity contribution >= 4 is 33.9 Å². The van der Waals surface area contributed by atoms with Gasteiger partial charge in [-0.25, -0.2) is 4.98 Å². The van der Waals surface area contributed by atoms with Crippen molar-refractivity contribution in [3.8, 4) is 5.75 Å². The largest absolute Gasteiger partial charge is 0.507 e. The van der Waals surface area contributed by atoms with Crippen LogP contribution in [0.3, 0.4) is 0 Å². The zero-order valence-corrected chi connectivity index (χ0v) is 18.6. The van der Waals surface area contributed by atoms with Crippen molar-refractivity contribution in [2.24, 2.45) is 0 Å². The maximum Gasteiger partial charge on any atom is 0.301 e. The van der Waals surface area contributed by atoms with Gasteiger partial charge in [-0.3, -0.25) is 14.5 Å². The molecule has 3 aromatic rings. The Morgan fingerprint density at radius 1 is 1.22 bits per heavy atom. The second-order valence-corrected chi connectivity index (χ2v) is 8.91. The summed E-state index contributed by atoms with van der Waals surface area (Å²) in [6, 6.07) is 12.4. The standard InChI is InChI=1S/C25H22N2O4S/c1-3-15-4-6-16(7-5-15)21-20(23(29)24(30)27(21)25-26-10-11-32-25)22(28)17-8-9-19-18(13-17)12-14(2)31-19/h4-11,13-14,21,28H,3,12H2,1-2H3/t14-,21-/m1/s1. The molecule has 2 aliphatic heterocycles. The highest BCUT2D eigenvalue weighted by molar-refractivity contribution is 7.14. The van der Waals surface area contributed by atoms with E-state index in [2.05, 4.69) is 11.9 Å². The van der Waals surface area contributed by atoms with E-state index < -0.39 is 17.7 Å². The number of hydrogen-bond donors (Lipinski definition) is 1. The Balaban J connectivity index is 1.67. The lowest BCUT2D eigenvalue weighted by atomic mass is 9.94. The van der Waals surface area contributed by atoms with Crippen LogP contribution < -0.4 is 9.64 Å². The van der Waals surface area contributed by atoms with Crippen molar-refractivity contribution < 1.29 is 19.4 Å². The van der Waals surface area contributed by atoms with Crippen molar-refractivity contribution in [3.63, 3.8) is 0 Å². The average Bonchev–Trinajstić information content (AvgIpc) is 3.51. The maximum atomic E-state index is 13.2. The summed E-state index contributed by atoms with van der Waals surface area (Å²) in [5.41, 5.74) is 3.43. The number of rotatable bonds is 4. The highest BCUT2D eigenvalue weighted by Crippen LogP contribution is 2.43. The van der Waals surface area contributed by atoms with E-state index in [1.165, 1.54) is 16.2 Å². The first-order valence-corrected chi connectivity index (χ1v) is 11.4. The average molecular weight is 447 g/mol. The van der Waals surface area contributed by atoms with Crippen molar-refractivity contribution in [2.45, 2.75) is 38.8 Å². The number of nitrogens with zero attached hydrogens (tertiary/aromatic N) is 2. The predicted molar refractivity (Wildman–Crippen MR) is 123 cm³/mol. The monoisotopic (exact) mass is 446 g/mol. The number of anilines is 1. The normalized spacial score (nSPS) is 21.6. The first-order chi connectivity index (χ1) is 15.5. The van der Waals surface area contributed by atoms with Gasteiger partial charge in [-0.05, 0) is 48.2 Å². The molecule has 162 valence electrons. The van der Waals surface area contributed by atoms with Crippen LogP contribution in [0.25, 0.3) is 5.76 Å². The first-order valence-electron chi connectivity index (χ1n) is 10.6. The van der Waals surface area contributed by atoms with E-state index in [0.29, 0.717) is 10.7 Å². The molecule has 1 saturated heterocycles. The summed E-state index contributed by atoms with van der Waals surface area (Å²) in [6.45, 7) is 4.05. The van der Waals surface area contributed by atoms with Crippen molar-refractivity contribution in [2.75, 3.05) is 4.90 Å². The van der Waals surface area contributed by atoms with Gasteiger partial charge in [-0.2, -0.15) is 0 Å². The molecule has 32 heavy (non-hydrogen) atoms. The predicted octanol–water partition coefficient (Wildman–Crippen LogP) is 4.66. The van der Waals surface area contributed by atoms with E-state index in [1.54, 1.807) is 23.7 Å². The Kier molecular flexibility index (Phi) is 5.06. The highest BCUT2D eigenvalue weighted by atomic mass is 32.1. The fourth-order valence-corrected chi connectivity index (χ4v) is 5.01. The minimum Gasteiger partial charge on any atom is -0.507 e. The fraction of sp³-hybridized carbons (Fsp3) is 0.240. The van der Waals surface area contributed by atoms with Gasteiger partial charge in [0.05, 0.1) is 11.6 Å². The van der Waals surface area contributed by atoms with E-state index >= 15 is 0 Å². The van der Waals surface area contributed by atoms with Gasteiger partial charge < -0.3 is 9.84 Å². The van der Waals surface area contributed by atoms with E-state index in [4.69, 9.17) is 4.74 Å². The van der Waals surface area contributed by atoms with Crippen LogP contribution in [-0.4, -0.2) is 27.9 Å². The first kappa shape index (κ1) is 20.5. The van der Waals surface area contributed by atoms with Gasteiger partial charge in [-0.15, -0.1) is 11.3 Å². The topological polar surface area (TPSA) is 79.7 Å². The minimum atomic E-state index is -0.754. The lowest BCUT2D eigenvalue weighted by molar-refractivity contribution is -0.132. The molecular weight excluding hydrogens is 424 g/mol. The van der Waals surface area contributed by atoms with Crippen LogP contribution in [0.2, 0.25) is 0 Å². The van der Waals surface area contributed by atoms with Crippen LogP contribution in [-0.2, 0) is 22.4 Å². The van der Waals surface area contributed by atoms with E-state index in [1.807, 2.05) is 37.3 Å². The molecule has 0 bridgehead atoms. The Labute approximate surface area is 189 Å². The van der Waals surface area contributed by atoms with Gasteiger partial charge in [0.2, 0.25) is 0 Å². The van der Waals surface area contributed by atoms with Crippen LogP contribution in [0.5, 0.6) is 5.75 Å². The van der Waals surface area contributed by atoms with Gasteiger partial charge in [0, 0.05) is 23.6 Å². The summed E-state index contributed by atoms with van der Waals surface area (Å²) in [5, 5.41) is 13.5. The quantitative estimate of drug-likeness (QED) is 0.358. The molecule has 6 nitrogen and oxygen atoms in total. The number of Topliss-reactive ketones (excluding diaryl/α,β-unsaturated/α-hetero) is 1. The number of thiazole rings is 1. The highest BCUT2D eigenvalue weighted by Gasteiger charge is 2.48. The van der Waals surface area contributed by atoms with Gasteiger partial charge in [0.25, 0.3) is 5.78 Å². The number of benzene rings is 2. The summed E-state index contributed by atoms with van der Waals surface area (Å²) in [5.74, 6) is -0.810. The zero-order chi connectivity index (χ0) is 22.4. The van der Waals surface area contributed by atoms with Crippen molar-refractivity contribution in [3.05, 3.63) is 81.9 Å². The Bertz CT molecular complexity index is 1230. The molecule has 3 heterocycles. The molecule has 2 aliphatic rings. The number of aliphatic hydroxyl groups is 1. The number of carbonyl (C=O) groups excluding carboxylic acids is 2.